The van der Waals surface area contributed by atoms with Gasteiger partial charge >= 0.3 is 0 Å². The maximum atomic E-state index is 5.79. The highest BCUT2D eigenvalue weighted by molar-refractivity contribution is 7.99. The molecule has 106 valence electrons. The van der Waals surface area contributed by atoms with Crippen molar-refractivity contribution in [2.45, 2.75) is 45.1 Å². The number of thioether (sulfide) groups is 1. The van der Waals surface area contributed by atoms with Gasteiger partial charge in [-0.2, -0.15) is 11.8 Å². The van der Waals surface area contributed by atoms with Gasteiger partial charge in [0.2, 0.25) is 0 Å². The van der Waals surface area contributed by atoms with Crippen molar-refractivity contribution in [2.75, 3.05) is 11.5 Å². The average Bonchev–Trinajstić information content (AvgIpc) is 2.33. The Balaban J connectivity index is 2.04. The van der Waals surface area contributed by atoms with E-state index in [-0.39, 0.29) is 6.04 Å². The molecule has 1 aliphatic carbocycles. The van der Waals surface area contributed by atoms with Gasteiger partial charge in [0.25, 0.3) is 0 Å². The fourth-order valence-electron chi connectivity index (χ4n) is 2.57. The zero-order valence-electron chi connectivity index (χ0n) is 12.1. The van der Waals surface area contributed by atoms with Gasteiger partial charge in [-0.1, -0.05) is 44.5 Å². The van der Waals surface area contributed by atoms with Crippen LogP contribution < -0.4 is 11.3 Å². The van der Waals surface area contributed by atoms with Crippen LogP contribution in [0.2, 0.25) is 0 Å². The van der Waals surface area contributed by atoms with E-state index in [1.807, 2.05) is 11.8 Å². The van der Waals surface area contributed by atoms with E-state index in [0.717, 1.165) is 17.6 Å². The van der Waals surface area contributed by atoms with Crippen molar-refractivity contribution in [2.24, 2.45) is 11.8 Å². The van der Waals surface area contributed by atoms with Crippen LogP contribution in [-0.2, 0) is 0 Å². The van der Waals surface area contributed by atoms with Gasteiger partial charge in [0, 0.05) is 5.75 Å². The van der Waals surface area contributed by atoms with E-state index in [9.17, 15) is 0 Å². The van der Waals surface area contributed by atoms with E-state index in [0.29, 0.717) is 0 Å². The van der Waals surface area contributed by atoms with Crippen LogP contribution in [0.3, 0.4) is 0 Å². The number of rotatable bonds is 7. The molecule has 0 spiro atoms. The molecule has 1 aromatic rings. The Kier molecular flexibility index (Phi) is 5.74. The smallest absolute Gasteiger partial charge is 0.0553 e. The standard InChI is InChI=1S/C16H26N2S/c1-12(2)10-19-11-16(18-17)15-9-4-3-8-14(15)13-6-5-7-13/h3-4,8-9,12-13,16,18H,5-7,10-11,17H2,1-2H3. The van der Waals surface area contributed by atoms with Crippen LogP contribution in [0.15, 0.2) is 24.3 Å². The van der Waals surface area contributed by atoms with Crippen LogP contribution in [0, 0.1) is 5.92 Å². The molecule has 0 radical (unpaired) electrons. The molecular weight excluding hydrogens is 252 g/mol. The first-order valence-electron chi connectivity index (χ1n) is 7.35. The Morgan fingerprint density at radius 1 is 1.26 bits per heavy atom. The molecule has 1 atom stereocenters. The van der Waals surface area contributed by atoms with Crippen LogP contribution >= 0.6 is 11.8 Å². The van der Waals surface area contributed by atoms with Crippen LogP contribution in [0.5, 0.6) is 0 Å². The van der Waals surface area contributed by atoms with Gasteiger partial charge in [0.1, 0.15) is 0 Å². The molecular formula is C16H26N2S. The molecule has 1 aliphatic rings. The van der Waals surface area contributed by atoms with Crippen molar-refractivity contribution >= 4 is 11.8 Å². The van der Waals surface area contributed by atoms with Gasteiger partial charge in [-0.15, -0.1) is 0 Å². The van der Waals surface area contributed by atoms with E-state index in [2.05, 4.69) is 43.5 Å². The van der Waals surface area contributed by atoms with Crippen molar-refractivity contribution in [3.05, 3.63) is 35.4 Å². The van der Waals surface area contributed by atoms with Gasteiger partial charge in [0.05, 0.1) is 6.04 Å². The van der Waals surface area contributed by atoms with Gasteiger partial charge < -0.3 is 0 Å². The predicted octanol–water partition coefficient (Wildman–Crippen LogP) is 3.85. The SMILES string of the molecule is CC(C)CSCC(NN)c1ccccc1C1CCC1. The third-order valence-corrected chi connectivity index (χ3v) is 5.32. The van der Waals surface area contributed by atoms with Crippen molar-refractivity contribution < 1.29 is 0 Å². The summed E-state index contributed by atoms with van der Waals surface area (Å²) in [5, 5.41) is 0. The number of nitrogens with two attached hydrogens (primary N) is 1. The highest BCUT2D eigenvalue weighted by atomic mass is 32.2. The first-order valence-corrected chi connectivity index (χ1v) is 8.50. The minimum Gasteiger partial charge on any atom is -0.271 e. The quantitative estimate of drug-likeness (QED) is 0.588. The number of nitrogens with one attached hydrogen (secondary N) is 1. The fourth-order valence-corrected chi connectivity index (χ4v) is 3.69. The summed E-state index contributed by atoms with van der Waals surface area (Å²) >= 11 is 1.99. The maximum absolute atomic E-state index is 5.79. The Bertz CT molecular complexity index is 388. The van der Waals surface area contributed by atoms with E-state index >= 15 is 0 Å². The molecule has 1 saturated carbocycles. The molecule has 0 saturated heterocycles. The second kappa shape index (κ2) is 7.32. The molecule has 0 amide bonds. The third-order valence-electron chi connectivity index (χ3n) is 3.85. The van der Waals surface area contributed by atoms with Crippen LogP contribution in [0.25, 0.3) is 0 Å². The largest absolute Gasteiger partial charge is 0.271 e. The minimum absolute atomic E-state index is 0.278. The van der Waals surface area contributed by atoms with Crippen molar-refractivity contribution in [3.8, 4) is 0 Å². The minimum atomic E-state index is 0.278. The molecule has 2 nitrogen and oxygen atoms in total. The molecule has 0 aliphatic heterocycles. The number of hydrazine groups is 1. The molecule has 0 bridgehead atoms. The van der Waals surface area contributed by atoms with Gasteiger partial charge in [0.15, 0.2) is 0 Å². The Morgan fingerprint density at radius 3 is 2.58 bits per heavy atom. The monoisotopic (exact) mass is 278 g/mol. The van der Waals surface area contributed by atoms with Gasteiger partial charge in [-0.25, -0.2) is 0 Å². The summed E-state index contributed by atoms with van der Waals surface area (Å²) in [5.41, 5.74) is 5.94. The van der Waals surface area contributed by atoms with Crippen molar-refractivity contribution in [3.63, 3.8) is 0 Å². The second-order valence-electron chi connectivity index (χ2n) is 5.91. The van der Waals surface area contributed by atoms with E-state index in [1.54, 1.807) is 0 Å². The lowest BCUT2D eigenvalue weighted by Gasteiger charge is -2.30. The lowest BCUT2D eigenvalue weighted by molar-refractivity contribution is 0.413. The predicted molar refractivity (Wildman–Crippen MR) is 85.3 cm³/mol. The summed E-state index contributed by atoms with van der Waals surface area (Å²) in [4.78, 5) is 0. The molecule has 3 N–H and O–H groups in total. The van der Waals surface area contributed by atoms with Crippen LogP contribution in [0.4, 0.5) is 0 Å². The van der Waals surface area contributed by atoms with Gasteiger partial charge in [-0.3, -0.25) is 11.3 Å². The first kappa shape index (κ1) is 14.9. The Labute approximate surface area is 121 Å². The first-order chi connectivity index (χ1) is 9.22. The lowest BCUT2D eigenvalue weighted by atomic mass is 9.77. The Morgan fingerprint density at radius 2 is 2.00 bits per heavy atom. The number of benzene rings is 1. The topological polar surface area (TPSA) is 38.0 Å². The molecule has 1 unspecified atom stereocenters. The molecule has 19 heavy (non-hydrogen) atoms. The van der Waals surface area contributed by atoms with Crippen molar-refractivity contribution in [1.29, 1.82) is 0 Å². The zero-order chi connectivity index (χ0) is 13.7. The summed E-state index contributed by atoms with van der Waals surface area (Å²) in [6.45, 7) is 4.53. The summed E-state index contributed by atoms with van der Waals surface area (Å²) < 4.78 is 0. The van der Waals surface area contributed by atoms with E-state index in [4.69, 9.17) is 5.84 Å². The van der Waals surface area contributed by atoms with Gasteiger partial charge in [-0.05, 0) is 41.6 Å². The van der Waals surface area contributed by atoms with Crippen LogP contribution in [-0.4, -0.2) is 11.5 Å². The molecule has 0 aromatic heterocycles. The summed E-state index contributed by atoms with van der Waals surface area (Å²) in [6, 6.07) is 9.10. The summed E-state index contributed by atoms with van der Waals surface area (Å²) in [6.07, 6.45) is 4.06. The lowest BCUT2D eigenvalue weighted by Crippen LogP contribution is -2.31. The number of hydrogen-bond acceptors (Lipinski definition) is 3. The molecule has 2 rings (SSSR count). The maximum Gasteiger partial charge on any atom is 0.0553 e. The fraction of sp³-hybridized carbons (Fsp3) is 0.625. The molecule has 0 heterocycles. The zero-order valence-corrected chi connectivity index (χ0v) is 12.9. The van der Waals surface area contributed by atoms with Crippen LogP contribution in [0.1, 0.15) is 56.2 Å². The molecule has 1 fully saturated rings. The normalized spacial score (nSPS) is 17.5. The van der Waals surface area contributed by atoms with E-state index in [1.165, 1.54) is 36.1 Å². The highest BCUT2D eigenvalue weighted by Gasteiger charge is 2.24. The van der Waals surface area contributed by atoms with E-state index < -0.39 is 0 Å². The highest BCUT2D eigenvalue weighted by Crippen LogP contribution is 2.39. The second-order valence-corrected chi connectivity index (χ2v) is 6.98. The third kappa shape index (κ3) is 3.98. The van der Waals surface area contributed by atoms with Crippen molar-refractivity contribution in [1.82, 2.24) is 5.43 Å². The number of hydrogen-bond donors (Lipinski definition) is 2. The molecule has 3 heteroatoms. The summed E-state index contributed by atoms with van der Waals surface area (Å²) in [7, 11) is 0. The average molecular weight is 278 g/mol. The summed E-state index contributed by atoms with van der Waals surface area (Å²) in [5.74, 6) is 9.55. The molecule has 1 aromatic carbocycles. The Hall–Kier alpha value is -0.510.